The Morgan fingerprint density at radius 1 is 1.35 bits per heavy atom. The van der Waals surface area contributed by atoms with Crippen LogP contribution in [0.4, 0.5) is 0 Å². The van der Waals surface area contributed by atoms with Gasteiger partial charge < -0.3 is 26.3 Å². The van der Waals surface area contributed by atoms with Crippen molar-refractivity contribution in [2.45, 2.75) is 6.42 Å². The molecular weight excluding hydrogens is 260 g/mol. The number of nitrogens with two attached hydrogens (primary N) is 1. The molecule has 110 valence electrons. The van der Waals surface area contributed by atoms with Crippen LogP contribution in [0, 0.1) is 0 Å². The summed E-state index contributed by atoms with van der Waals surface area (Å²) in [6.07, 6.45) is 0.449. The molecule has 1 rings (SSSR count). The predicted molar refractivity (Wildman–Crippen MR) is 76.0 cm³/mol. The second kappa shape index (κ2) is 8.76. The molecule has 7 heteroatoms. The van der Waals surface area contributed by atoms with Crippen molar-refractivity contribution in [3.63, 3.8) is 0 Å². The zero-order chi connectivity index (χ0) is 14.8. The van der Waals surface area contributed by atoms with E-state index in [-0.39, 0.29) is 11.7 Å². The van der Waals surface area contributed by atoms with Crippen molar-refractivity contribution in [2.24, 2.45) is 10.9 Å². The molecular formula is C13H20N4O3. The van der Waals surface area contributed by atoms with Gasteiger partial charge in [0, 0.05) is 32.1 Å². The summed E-state index contributed by atoms with van der Waals surface area (Å²) in [6, 6.07) is 6.92. The van der Waals surface area contributed by atoms with Crippen LogP contribution in [-0.2, 0) is 4.79 Å². The number of hydrogen-bond donors (Lipinski definition) is 4. The first-order valence-electron chi connectivity index (χ1n) is 6.29. The van der Waals surface area contributed by atoms with Crippen molar-refractivity contribution in [2.75, 3.05) is 26.7 Å². The summed E-state index contributed by atoms with van der Waals surface area (Å²) in [6.45, 7) is 1.76. The van der Waals surface area contributed by atoms with Gasteiger partial charge in [-0.15, -0.1) is 0 Å². The molecule has 5 N–H and O–H groups in total. The molecule has 20 heavy (non-hydrogen) atoms. The van der Waals surface area contributed by atoms with Gasteiger partial charge in [0.05, 0.1) is 0 Å². The van der Waals surface area contributed by atoms with Crippen LogP contribution in [0.2, 0.25) is 0 Å². The van der Waals surface area contributed by atoms with Crippen LogP contribution >= 0.6 is 0 Å². The molecule has 0 aliphatic rings. The molecule has 0 unspecified atom stereocenters. The molecule has 0 atom stereocenters. The standard InChI is InChI=1S/C13H20N4O3/c1-15-12(18)6-7-16-8-9-20-11-4-2-10(3-5-11)13(14)17-19/h2-5,16,19H,6-9H2,1H3,(H2,14,17)(H,15,18). The van der Waals surface area contributed by atoms with Crippen LogP contribution in [0.15, 0.2) is 29.4 Å². The van der Waals surface area contributed by atoms with Crippen LogP contribution in [0.5, 0.6) is 5.75 Å². The third-order valence-electron chi connectivity index (χ3n) is 2.61. The van der Waals surface area contributed by atoms with Crippen LogP contribution in [0.1, 0.15) is 12.0 Å². The highest BCUT2D eigenvalue weighted by Gasteiger charge is 2.00. The molecule has 0 spiro atoms. The number of ether oxygens (including phenoxy) is 1. The summed E-state index contributed by atoms with van der Waals surface area (Å²) in [7, 11) is 1.61. The number of nitrogens with zero attached hydrogens (tertiary/aromatic N) is 1. The van der Waals surface area contributed by atoms with Crippen molar-refractivity contribution in [3.8, 4) is 5.75 Å². The number of carbonyl (C=O) groups excluding carboxylic acids is 1. The average Bonchev–Trinajstić information content (AvgIpc) is 2.50. The normalized spacial score (nSPS) is 11.2. The molecule has 7 nitrogen and oxygen atoms in total. The Bertz CT molecular complexity index is 445. The topological polar surface area (TPSA) is 109 Å². The van der Waals surface area contributed by atoms with Crippen molar-refractivity contribution in [1.82, 2.24) is 10.6 Å². The van der Waals surface area contributed by atoms with E-state index in [1.54, 1.807) is 31.3 Å². The van der Waals surface area contributed by atoms with E-state index in [1.165, 1.54) is 0 Å². The fourth-order valence-corrected chi connectivity index (χ4v) is 1.47. The van der Waals surface area contributed by atoms with Crippen molar-refractivity contribution in [1.29, 1.82) is 0 Å². The quantitative estimate of drug-likeness (QED) is 0.175. The lowest BCUT2D eigenvalue weighted by atomic mass is 10.2. The Morgan fingerprint density at radius 3 is 2.65 bits per heavy atom. The van der Waals surface area contributed by atoms with E-state index in [9.17, 15) is 4.79 Å². The van der Waals surface area contributed by atoms with Crippen molar-refractivity contribution >= 4 is 11.7 Å². The highest BCUT2D eigenvalue weighted by atomic mass is 16.5. The van der Waals surface area contributed by atoms with Gasteiger partial charge in [-0.05, 0) is 24.3 Å². The number of hydrogen-bond acceptors (Lipinski definition) is 5. The zero-order valence-corrected chi connectivity index (χ0v) is 11.4. The number of benzene rings is 1. The minimum absolute atomic E-state index is 0.0112. The highest BCUT2D eigenvalue weighted by molar-refractivity contribution is 5.97. The number of amidine groups is 1. The lowest BCUT2D eigenvalue weighted by Crippen LogP contribution is -2.27. The Labute approximate surface area is 117 Å². The molecule has 0 saturated heterocycles. The lowest BCUT2D eigenvalue weighted by molar-refractivity contribution is -0.120. The number of carbonyl (C=O) groups is 1. The molecule has 1 aromatic carbocycles. The van der Waals surface area contributed by atoms with Crippen LogP contribution < -0.4 is 21.1 Å². The van der Waals surface area contributed by atoms with E-state index in [0.29, 0.717) is 37.4 Å². The Morgan fingerprint density at radius 2 is 2.05 bits per heavy atom. The minimum atomic E-state index is 0.0112. The molecule has 0 saturated carbocycles. The molecule has 0 aliphatic carbocycles. The van der Waals surface area contributed by atoms with Gasteiger partial charge in [0.1, 0.15) is 12.4 Å². The van der Waals surface area contributed by atoms with Crippen molar-refractivity contribution < 1.29 is 14.7 Å². The molecule has 0 bridgehead atoms. The predicted octanol–water partition coefficient (Wildman–Crippen LogP) is -0.114. The Kier molecular flexibility index (Phi) is 6.91. The number of amides is 1. The smallest absolute Gasteiger partial charge is 0.221 e. The summed E-state index contributed by atoms with van der Waals surface area (Å²) in [5.74, 6) is 0.775. The molecule has 0 heterocycles. The maximum Gasteiger partial charge on any atom is 0.221 e. The molecule has 0 radical (unpaired) electrons. The van der Waals surface area contributed by atoms with E-state index >= 15 is 0 Å². The van der Waals surface area contributed by atoms with Gasteiger partial charge in [-0.3, -0.25) is 4.79 Å². The third kappa shape index (κ3) is 5.57. The van der Waals surface area contributed by atoms with Crippen molar-refractivity contribution in [3.05, 3.63) is 29.8 Å². The van der Waals surface area contributed by atoms with Gasteiger partial charge in [0.2, 0.25) is 5.91 Å². The summed E-state index contributed by atoms with van der Waals surface area (Å²) >= 11 is 0. The second-order valence-corrected chi connectivity index (χ2v) is 4.03. The summed E-state index contributed by atoms with van der Waals surface area (Å²) in [5, 5.41) is 17.1. The number of rotatable bonds is 8. The van der Waals surface area contributed by atoms with Crippen LogP contribution in [-0.4, -0.2) is 43.7 Å². The van der Waals surface area contributed by atoms with Crippen LogP contribution in [0.3, 0.4) is 0 Å². The minimum Gasteiger partial charge on any atom is -0.492 e. The maximum atomic E-state index is 11.0. The van der Waals surface area contributed by atoms with Gasteiger partial charge in [-0.25, -0.2) is 0 Å². The molecule has 0 aromatic heterocycles. The number of nitrogens with one attached hydrogen (secondary N) is 2. The van der Waals surface area contributed by atoms with E-state index < -0.39 is 0 Å². The largest absolute Gasteiger partial charge is 0.492 e. The first-order chi connectivity index (χ1) is 9.67. The van der Waals surface area contributed by atoms with Gasteiger partial charge in [0.15, 0.2) is 5.84 Å². The molecule has 0 fully saturated rings. The summed E-state index contributed by atoms with van der Waals surface area (Å²) in [4.78, 5) is 11.0. The second-order valence-electron chi connectivity index (χ2n) is 4.03. The summed E-state index contributed by atoms with van der Waals surface area (Å²) in [5.41, 5.74) is 6.08. The van der Waals surface area contributed by atoms with Gasteiger partial charge in [0.25, 0.3) is 0 Å². The van der Waals surface area contributed by atoms with E-state index in [4.69, 9.17) is 15.7 Å². The van der Waals surface area contributed by atoms with Crippen LogP contribution in [0.25, 0.3) is 0 Å². The first-order valence-corrected chi connectivity index (χ1v) is 6.29. The van der Waals surface area contributed by atoms with E-state index in [2.05, 4.69) is 15.8 Å². The Balaban J connectivity index is 2.21. The third-order valence-corrected chi connectivity index (χ3v) is 2.61. The van der Waals surface area contributed by atoms with Gasteiger partial charge >= 0.3 is 0 Å². The number of oxime groups is 1. The van der Waals surface area contributed by atoms with E-state index in [0.717, 1.165) is 0 Å². The molecule has 0 aliphatic heterocycles. The van der Waals surface area contributed by atoms with Gasteiger partial charge in [-0.2, -0.15) is 0 Å². The fourth-order valence-electron chi connectivity index (χ4n) is 1.47. The maximum absolute atomic E-state index is 11.0. The summed E-state index contributed by atoms with van der Waals surface area (Å²) < 4.78 is 5.50. The zero-order valence-electron chi connectivity index (χ0n) is 11.4. The average molecular weight is 280 g/mol. The first kappa shape index (κ1) is 15.8. The molecule has 1 amide bonds. The monoisotopic (exact) mass is 280 g/mol. The molecule has 1 aromatic rings. The highest BCUT2D eigenvalue weighted by Crippen LogP contribution is 2.11. The SMILES string of the molecule is CNC(=O)CCNCCOc1ccc(C(N)=NO)cc1. The lowest BCUT2D eigenvalue weighted by Gasteiger charge is -2.08. The fraction of sp³-hybridized carbons (Fsp3) is 0.385. The Hall–Kier alpha value is -2.28. The van der Waals surface area contributed by atoms with E-state index in [1.807, 2.05) is 0 Å². The van der Waals surface area contributed by atoms with Gasteiger partial charge in [-0.1, -0.05) is 5.16 Å².